The minimum Gasteiger partial charge on any atom is -0.379 e. The Balaban J connectivity index is 1.37. The Morgan fingerprint density at radius 1 is 1.18 bits per heavy atom. The normalized spacial score (nSPS) is 17.8. The summed E-state index contributed by atoms with van der Waals surface area (Å²) < 4.78 is 6.72. The Bertz CT molecular complexity index is 967. The molecular formula is C21H30N8O4. The first kappa shape index (κ1) is 23.1. The van der Waals surface area contributed by atoms with E-state index < -0.39 is 0 Å². The molecule has 1 N–H and O–H groups in total. The maximum atomic E-state index is 12.4. The van der Waals surface area contributed by atoms with E-state index in [-0.39, 0.29) is 22.2 Å². The van der Waals surface area contributed by atoms with Crippen LogP contribution in [0, 0.1) is 10.1 Å². The number of hydrogen-bond acceptors (Lipinski definition) is 9. The van der Waals surface area contributed by atoms with Gasteiger partial charge in [-0.1, -0.05) is 5.21 Å². The Morgan fingerprint density at radius 3 is 2.67 bits per heavy atom. The van der Waals surface area contributed by atoms with Gasteiger partial charge in [-0.3, -0.25) is 19.8 Å². The summed E-state index contributed by atoms with van der Waals surface area (Å²) >= 11 is 0. The molecule has 4 rings (SSSR count). The van der Waals surface area contributed by atoms with E-state index in [4.69, 9.17) is 4.74 Å². The number of morpholine rings is 1. The van der Waals surface area contributed by atoms with Gasteiger partial charge in [0.15, 0.2) is 5.69 Å². The molecule has 2 aromatic rings. The molecule has 12 nitrogen and oxygen atoms in total. The number of likely N-dealkylation sites (N-methyl/N-ethyl adjacent to an activating group) is 1. The zero-order valence-electron chi connectivity index (χ0n) is 18.9. The van der Waals surface area contributed by atoms with Crippen LogP contribution in [0.15, 0.2) is 24.4 Å². The Hall–Kier alpha value is -3.09. The quantitative estimate of drug-likeness (QED) is 0.340. The van der Waals surface area contributed by atoms with Crippen LogP contribution in [0.25, 0.3) is 5.69 Å². The molecule has 33 heavy (non-hydrogen) atoms. The summed E-state index contributed by atoms with van der Waals surface area (Å²) in [5.41, 5.74) is 1.27. The number of carbonyl (C=O) groups is 1. The third-order valence-electron chi connectivity index (χ3n) is 6.03. The van der Waals surface area contributed by atoms with Gasteiger partial charge in [0.1, 0.15) is 5.69 Å². The van der Waals surface area contributed by atoms with Crippen molar-refractivity contribution < 1.29 is 14.5 Å². The summed E-state index contributed by atoms with van der Waals surface area (Å²) in [6.45, 7) is 7.96. The first-order valence-electron chi connectivity index (χ1n) is 11.2. The van der Waals surface area contributed by atoms with Gasteiger partial charge in [0.2, 0.25) is 0 Å². The molecule has 2 fully saturated rings. The molecule has 0 spiro atoms. The second-order valence-electron chi connectivity index (χ2n) is 8.33. The second-order valence-corrected chi connectivity index (χ2v) is 8.33. The molecule has 12 heteroatoms. The van der Waals surface area contributed by atoms with Crippen LogP contribution in [-0.4, -0.2) is 108 Å². The highest BCUT2D eigenvalue weighted by molar-refractivity contribution is 5.91. The Labute approximate surface area is 192 Å². The smallest absolute Gasteiger partial charge is 0.294 e. The molecule has 2 aliphatic heterocycles. The van der Waals surface area contributed by atoms with E-state index in [1.165, 1.54) is 16.9 Å². The second kappa shape index (κ2) is 10.7. The number of anilines is 1. The van der Waals surface area contributed by atoms with Gasteiger partial charge >= 0.3 is 0 Å². The topological polar surface area (TPSA) is 122 Å². The van der Waals surface area contributed by atoms with Gasteiger partial charge in [0, 0.05) is 51.9 Å². The van der Waals surface area contributed by atoms with Crippen LogP contribution in [0.2, 0.25) is 0 Å². The number of nitrogens with one attached hydrogen (secondary N) is 1. The van der Waals surface area contributed by atoms with Crippen LogP contribution in [0.5, 0.6) is 0 Å². The highest BCUT2D eigenvalue weighted by atomic mass is 16.6. The predicted octanol–water partition coefficient (Wildman–Crippen LogP) is 0.379. The van der Waals surface area contributed by atoms with Gasteiger partial charge < -0.3 is 19.9 Å². The average Bonchev–Trinajstić information content (AvgIpc) is 3.33. The van der Waals surface area contributed by atoms with E-state index in [0.717, 1.165) is 65.4 Å². The average molecular weight is 459 g/mol. The molecule has 1 aromatic carbocycles. The van der Waals surface area contributed by atoms with Crippen molar-refractivity contribution in [2.75, 3.05) is 77.5 Å². The molecule has 1 amide bonds. The van der Waals surface area contributed by atoms with Crippen molar-refractivity contribution in [3.8, 4) is 5.69 Å². The first-order chi connectivity index (χ1) is 16.0. The lowest BCUT2D eigenvalue weighted by Crippen LogP contribution is -2.44. The van der Waals surface area contributed by atoms with Gasteiger partial charge in [-0.2, -0.15) is 0 Å². The number of ether oxygens (including phenoxy) is 1. The zero-order chi connectivity index (χ0) is 23.2. The molecule has 0 atom stereocenters. The van der Waals surface area contributed by atoms with Gasteiger partial charge in [0.25, 0.3) is 11.6 Å². The molecule has 0 radical (unpaired) electrons. The van der Waals surface area contributed by atoms with Crippen LogP contribution in [0.3, 0.4) is 0 Å². The van der Waals surface area contributed by atoms with Gasteiger partial charge in [-0.15, -0.1) is 5.10 Å². The molecule has 0 aliphatic carbocycles. The maximum Gasteiger partial charge on any atom is 0.294 e. The van der Waals surface area contributed by atoms with E-state index in [2.05, 4.69) is 25.4 Å². The van der Waals surface area contributed by atoms with E-state index in [0.29, 0.717) is 17.9 Å². The van der Waals surface area contributed by atoms with Crippen LogP contribution >= 0.6 is 0 Å². The molecule has 2 saturated heterocycles. The van der Waals surface area contributed by atoms with Crippen molar-refractivity contribution in [2.45, 2.75) is 6.42 Å². The highest BCUT2D eigenvalue weighted by Gasteiger charge is 2.24. The zero-order valence-corrected chi connectivity index (χ0v) is 18.9. The Kier molecular flexibility index (Phi) is 7.47. The van der Waals surface area contributed by atoms with Crippen molar-refractivity contribution >= 4 is 17.3 Å². The van der Waals surface area contributed by atoms with Crippen LogP contribution in [0.1, 0.15) is 16.9 Å². The van der Waals surface area contributed by atoms with E-state index in [9.17, 15) is 14.9 Å². The number of nitro groups is 1. The summed E-state index contributed by atoms with van der Waals surface area (Å²) in [7, 11) is 2.04. The summed E-state index contributed by atoms with van der Waals surface area (Å²) in [6.07, 6.45) is 2.33. The summed E-state index contributed by atoms with van der Waals surface area (Å²) in [4.78, 5) is 30.3. The number of nitrogens with zero attached hydrogens (tertiary/aromatic N) is 7. The fourth-order valence-corrected chi connectivity index (χ4v) is 4.03. The standard InChI is InChI=1S/C21H30N8O4/c1-25-7-9-27(10-8-25)19-4-3-17(15-20(19)29(31)32)28-16-18(23-24-28)21(30)22-5-2-6-26-11-13-33-14-12-26/h3-4,15-16H,2,5-14H2,1H3,(H,22,30). The molecule has 0 unspecified atom stereocenters. The minimum atomic E-state index is -0.379. The number of hydrogen-bond donors (Lipinski definition) is 1. The number of benzene rings is 1. The first-order valence-corrected chi connectivity index (χ1v) is 11.2. The molecule has 0 bridgehead atoms. The molecule has 178 valence electrons. The molecular weight excluding hydrogens is 428 g/mol. The van der Waals surface area contributed by atoms with Crippen molar-refractivity contribution in [3.63, 3.8) is 0 Å². The lowest BCUT2D eigenvalue weighted by molar-refractivity contribution is -0.384. The van der Waals surface area contributed by atoms with Crippen LogP contribution < -0.4 is 10.2 Å². The number of amides is 1. The van der Waals surface area contributed by atoms with Gasteiger partial charge in [0.05, 0.1) is 30.0 Å². The number of nitro benzene ring substituents is 1. The third-order valence-corrected chi connectivity index (χ3v) is 6.03. The summed E-state index contributed by atoms with van der Waals surface area (Å²) in [5.74, 6) is -0.313. The van der Waals surface area contributed by atoms with E-state index >= 15 is 0 Å². The number of piperazine rings is 1. The molecule has 1 aromatic heterocycles. The fraction of sp³-hybridized carbons (Fsp3) is 0.571. The van der Waals surface area contributed by atoms with Gasteiger partial charge in [-0.25, -0.2) is 4.68 Å². The van der Waals surface area contributed by atoms with Crippen molar-refractivity contribution in [3.05, 3.63) is 40.2 Å². The van der Waals surface area contributed by atoms with Crippen molar-refractivity contribution in [1.82, 2.24) is 30.1 Å². The number of aromatic nitrogens is 3. The third kappa shape index (κ3) is 5.83. The molecule has 3 heterocycles. The highest BCUT2D eigenvalue weighted by Crippen LogP contribution is 2.31. The summed E-state index contributed by atoms with van der Waals surface area (Å²) in [5, 5.41) is 22.5. The largest absolute Gasteiger partial charge is 0.379 e. The van der Waals surface area contributed by atoms with E-state index in [1.54, 1.807) is 12.1 Å². The lowest BCUT2D eigenvalue weighted by Gasteiger charge is -2.33. The monoisotopic (exact) mass is 458 g/mol. The SMILES string of the molecule is CN1CCN(c2ccc(-n3cc(C(=O)NCCCN4CCOCC4)nn3)cc2[N+](=O)[O-])CC1. The number of rotatable bonds is 8. The van der Waals surface area contributed by atoms with Gasteiger partial charge in [-0.05, 0) is 32.1 Å². The Morgan fingerprint density at radius 2 is 1.94 bits per heavy atom. The minimum absolute atomic E-state index is 0.0154. The van der Waals surface area contributed by atoms with Crippen molar-refractivity contribution in [2.24, 2.45) is 0 Å². The summed E-state index contributed by atoms with van der Waals surface area (Å²) in [6, 6.07) is 4.98. The maximum absolute atomic E-state index is 12.4. The fourth-order valence-electron chi connectivity index (χ4n) is 4.03. The predicted molar refractivity (Wildman–Crippen MR) is 122 cm³/mol. The lowest BCUT2D eigenvalue weighted by atomic mass is 10.2. The molecule has 2 aliphatic rings. The van der Waals surface area contributed by atoms with Crippen LogP contribution in [0.4, 0.5) is 11.4 Å². The van der Waals surface area contributed by atoms with Crippen molar-refractivity contribution in [1.29, 1.82) is 0 Å². The van der Waals surface area contributed by atoms with Crippen LogP contribution in [-0.2, 0) is 4.74 Å². The molecule has 0 saturated carbocycles. The number of carbonyl (C=O) groups excluding carboxylic acids is 1. The van der Waals surface area contributed by atoms with E-state index in [1.807, 2.05) is 11.9 Å².